The van der Waals surface area contributed by atoms with E-state index < -0.39 is 17.1 Å². The van der Waals surface area contributed by atoms with Crippen molar-refractivity contribution in [3.8, 4) is 0 Å². The number of carboxylic acid groups (broad SMARTS) is 1. The highest BCUT2D eigenvalue weighted by atomic mass is 16.6. The molecule has 3 rings (SSSR count). The summed E-state index contributed by atoms with van der Waals surface area (Å²) in [5, 5.41) is 28.0. The van der Waals surface area contributed by atoms with Crippen LogP contribution in [0.3, 0.4) is 0 Å². The van der Waals surface area contributed by atoms with Crippen LogP contribution >= 0.6 is 0 Å². The van der Waals surface area contributed by atoms with Crippen LogP contribution in [0, 0.1) is 10.1 Å². The van der Waals surface area contributed by atoms with Gasteiger partial charge in [0, 0.05) is 30.6 Å². The molecule has 2 heterocycles. The van der Waals surface area contributed by atoms with Crippen molar-refractivity contribution >= 4 is 17.2 Å². The van der Waals surface area contributed by atoms with Gasteiger partial charge in [0.05, 0.1) is 34.8 Å². The average molecular weight is 382 g/mol. The van der Waals surface area contributed by atoms with Crippen molar-refractivity contribution in [2.24, 2.45) is 0 Å². The molecule has 1 aromatic carbocycles. The lowest BCUT2D eigenvalue weighted by atomic mass is 9.95. The summed E-state index contributed by atoms with van der Waals surface area (Å²) < 4.78 is 5.47. The van der Waals surface area contributed by atoms with Gasteiger partial charge in [0.15, 0.2) is 11.5 Å². The van der Waals surface area contributed by atoms with Crippen molar-refractivity contribution in [1.82, 2.24) is 4.98 Å². The summed E-state index contributed by atoms with van der Waals surface area (Å²) in [7, 11) is 1.39. The third-order valence-corrected chi connectivity index (χ3v) is 4.38. The molecule has 28 heavy (non-hydrogen) atoms. The molecule has 0 saturated carbocycles. The number of carbonyl (C=O) groups excluding carboxylic acids is 1. The van der Waals surface area contributed by atoms with Crippen LogP contribution in [0.25, 0.3) is 5.57 Å². The number of rotatable bonds is 5. The number of benzene rings is 1. The zero-order valence-corrected chi connectivity index (χ0v) is 15.2. The van der Waals surface area contributed by atoms with E-state index in [4.69, 9.17) is 4.74 Å². The second-order valence-corrected chi connectivity index (χ2v) is 6.10. The number of carboxylic acids is 1. The van der Waals surface area contributed by atoms with Gasteiger partial charge in [0.2, 0.25) is 0 Å². The van der Waals surface area contributed by atoms with Crippen molar-refractivity contribution < 1.29 is 24.9 Å². The monoisotopic (exact) mass is 382 g/mol. The molecule has 0 radical (unpaired) electrons. The quantitative estimate of drug-likeness (QED) is 0.434. The van der Waals surface area contributed by atoms with Crippen LogP contribution in [-0.2, 0) is 9.53 Å². The van der Waals surface area contributed by atoms with E-state index in [0.717, 1.165) is 0 Å². The van der Waals surface area contributed by atoms with Crippen LogP contribution in [0.4, 0.5) is 5.69 Å². The molecule has 9 heteroatoms. The minimum absolute atomic E-state index is 0.188. The van der Waals surface area contributed by atoms with E-state index in [0.29, 0.717) is 22.5 Å². The van der Waals surface area contributed by atoms with Crippen LogP contribution in [0.15, 0.2) is 65.9 Å². The van der Waals surface area contributed by atoms with E-state index in [1.165, 1.54) is 24.8 Å². The Labute approximate surface area is 160 Å². The molecule has 0 aliphatic carbocycles. The highest BCUT2D eigenvalue weighted by Crippen LogP contribution is 2.35. The topological polar surface area (TPSA) is 134 Å². The number of aliphatic carboxylic acids is 1. The molecule has 0 fully saturated rings. The molecule has 2 aromatic rings. The van der Waals surface area contributed by atoms with Crippen molar-refractivity contribution in [3.05, 3.63) is 87.2 Å². The zero-order valence-electron chi connectivity index (χ0n) is 15.2. The van der Waals surface area contributed by atoms with Gasteiger partial charge in [0.1, 0.15) is 0 Å². The first-order chi connectivity index (χ1) is 13.4. The molecule has 1 atom stereocenters. The predicted octanol–water partition coefficient (Wildman–Crippen LogP) is 0.385. The van der Waals surface area contributed by atoms with Gasteiger partial charge in [-0.1, -0.05) is 18.2 Å². The molecule has 1 aliphatic rings. The van der Waals surface area contributed by atoms with E-state index in [9.17, 15) is 20.0 Å². The molecule has 0 unspecified atom stereocenters. The first kappa shape index (κ1) is 19.1. The maximum Gasteiger partial charge on any atom is 0.364 e. The average Bonchev–Trinajstić information content (AvgIpc) is 2.81. The summed E-state index contributed by atoms with van der Waals surface area (Å²) >= 11 is 0. The number of hydrogen-bond acceptors (Lipinski definition) is 7. The fourth-order valence-electron chi connectivity index (χ4n) is 3.19. The second kappa shape index (κ2) is 7.89. The van der Waals surface area contributed by atoms with Gasteiger partial charge in [-0.3, -0.25) is 15.1 Å². The van der Waals surface area contributed by atoms with Gasteiger partial charge in [0.25, 0.3) is 0 Å². The minimum atomic E-state index is -1.47. The minimum Gasteiger partial charge on any atom is -0.543 e. The standard InChI is InChI=1S/C19H18N4O5/c1-11-17(28-2)15(16(19(24)25)22-12-7-9-20-10-8-12)13-5-3-4-6-14(13)18(21-11)23(26)27/h3-10,18,21H,1-2H3,(H,20,22)(H,24,25)/b16-15-/t18-/m0/s1. The van der Waals surface area contributed by atoms with E-state index in [-0.39, 0.29) is 17.0 Å². The number of quaternary nitrogens is 1. The van der Waals surface area contributed by atoms with Crippen molar-refractivity contribution in [2.75, 3.05) is 12.4 Å². The molecule has 0 spiro atoms. The zero-order chi connectivity index (χ0) is 20.3. The fourth-order valence-corrected chi connectivity index (χ4v) is 3.19. The van der Waals surface area contributed by atoms with Crippen LogP contribution in [0.5, 0.6) is 0 Å². The maximum absolute atomic E-state index is 12.0. The lowest BCUT2D eigenvalue weighted by molar-refractivity contribution is -0.820. The Kier molecular flexibility index (Phi) is 5.37. The third kappa shape index (κ3) is 3.55. The van der Waals surface area contributed by atoms with E-state index in [2.05, 4.69) is 10.3 Å². The first-order valence-electron chi connectivity index (χ1n) is 8.39. The summed E-state index contributed by atoms with van der Waals surface area (Å²) in [4.78, 5) is 27.2. The summed E-state index contributed by atoms with van der Waals surface area (Å²) in [5.41, 5.74) is 1.61. The molecule has 1 aromatic heterocycles. The Hall–Kier alpha value is -3.72. The van der Waals surface area contributed by atoms with E-state index >= 15 is 0 Å². The van der Waals surface area contributed by atoms with E-state index in [1.807, 2.05) is 0 Å². The number of aromatic nitrogens is 1. The molecular weight excluding hydrogens is 364 g/mol. The second-order valence-electron chi connectivity index (χ2n) is 6.10. The van der Waals surface area contributed by atoms with Gasteiger partial charge >= 0.3 is 6.17 Å². The number of nitro groups is 1. The summed E-state index contributed by atoms with van der Waals surface area (Å²) in [6, 6.07) is 9.78. The largest absolute Gasteiger partial charge is 0.543 e. The van der Waals surface area contributed by atoms with Gasteiger partial charge < -0.3 is 20.0 Å². The fraction of sp³-hybridized carbons (Fsp3) is 0.158. The van der Waals surface area contributed by atoms with Crippen LogP contribution in [0.1, 0.15) is 24.2 Å². The number of nitrogens with zero attached hydrogens (tertiary/aromatic N) is 2. The number of carbonyl (C=O) groups is 1. The number of ether oxygens (including phenoxy) is 1. The number of fused-ring (bicyclic) bond motifs is 1. The summed E-state index contributed by atoms with van der Waals surface area (Å²) in [6.07, 6.45) is 1.88. The SMILES string of the molecule is COC1=C(C)[NH2+][C@@H]([N+](=O)[O-])c2ccccc2/C1=C(/Nc1ccncc1)C(=O)[O-]. The number of nitrogens with one attached hydrogen (secondary N) is 1. The molecule has 144 valence electrons. The van der Waals surface area contributed by atoms with Gasteiger partial charge in [-0.2, -0.15) is 0 Å². The Morgan fingerprint density at radius 1 is 1.25 bits per heavy atom. The highest BCUT2D eigenvalue weighted by Gasteiger charge is 2.37. The number of nitrogens with two attached hydrogens (primary N) is 1. The third-order valence-electron chi connectivity index (χ3n) is 4.38. The van der Waals surface area contributed by atoms with Gasteiger partial charge in [-0.25, -0.2) is 5.32 Å². The number of methoxy groups -OCH3 is 1. The molecule has 0 amide bonds. The number of allylic oxidation sites excluding steroid dienone is 2. The maximum atomic E-state index is 12.0. The number of pyridine rings is 1. The Morgan fingerprint density at radius 2 is 1.93 bits per heavy atom. The van der Waals surface area contributed by atoms with Crippen LogP contribution < -0.4 is 15.7 Å². The molecule has 0 saturated heterocycles. The Balaban J connectivity index is 2.33. The van der Waals surface area contributed by atoms with Crippen LogP contribution in [0.2, 0.25) is 0 Å². The number of hydrogen-bond donors (Lipinski definition) is 2. The molecule has 1 aliphatic heterocycles. The molecule has 0 bridgehead atoms. The van der Waals surface area contributed by atoms with Gasteiger partial charge in [-0.05, 0) is 18.2 Å². The highest BCUT2D eigenvalue weighted by molar-refractivity contribution is 6.02. The molecular formula is C19H18N4O5. The Bertz CT molecular complexity index is 985. The predicted molar refractivity (Wildman–Crippen MR) is 97.6 cm³/mol. The van der Waals surface area contributed by atoms with Crippen LogP contribution in [-0.4, -0.2) is 23.0 Å². The Morgan fingerprint density at radius 3 is 2.54 bits per heavy atom. The molecule has 3 N–H and O–H groups in total. The van der Waals surface area contributed by atoms with E-state index in [1.54, 1.807) is 43.3 Å². The lowest BCUT2D eigenvalue weighted by Crippen LogP contribution is -2.84. The van der Waals surface area contributed by atoms with Crippen molar-refractivity contribution in [2.45, 2.75) is 13.1 Å². The smallest absolute Gasteiger partial charge is 0.364 e. The van der Waals surface area contributed by atoms with Gasteiger partial charge in [-0.15, -0.1) is 0 Å². The summed E-state index contributed by atoms with van der Waals surface area (Å²) in [5.74, 6) is -1.25. The normalized spacial score (nSPS) is 18.0. The lowest BCUT2D eigenvalue weighted by Gasteiger charge is -2.19. The molecule has 9 nitrogen and oxygen atoms in total. The number of anilines is 1. The first-order valence-corrected chi connectivity index (χ1v) is 8.39. The van der Waals surface area contributed by atoms with Crippen molar-refractivity contribution in [3.63, 3.8) is 0 Å². The van der Waals surface area contributed by atoms with Crippen molar-refractivity contribution in [1.29, 1.82) is 0 Å². The summed E-state index contributed by atoms with van der Waals surface area (Å²) in [6.45, 7) is 1.64.